The molecule has 0 aliphatic heterocycles. The summed E-state index contributed by atoms with van der Waals surface area (Å²) in [5.74, 6) is -0.626. The molecule has 0 amide bonds. The van der Waals surface area contributed by atoms with Gasteiger partial charge in [0.05, 0.1) is 53.7 Å². The van der Waals surface area contributed by atoms with E-state index in [1.807, 2.05) is 13.0 Å². The lowest BCUT2D eigenvalue weighted by Gasteiger charge is -2.16. The zero-order valence-corrected chi connectivity index (χ0v) is 19.9. The van der Waals surface area contributed by atoms with Crippen LogP contribution in [0.4, 0.5) is 5.69 Å². The number of rotatable bonds is 9. The summed E-state index contributed by atoms with van der Waals surface area (Å²) in [7, 11) is 1.53. The number of anilines is 1. The van der Waals surface area contributed by atoms with Crippen molar-refractivity contribution >= 4 is 40.1 Å². The lowest BCUT2D eigenvalue weighted by atomic mass is 10.0. The molecule has 0 saturated carbocycles. The first-order chi connectivity index (χ1) is 16.4. The molecule has 1 heterocycles. The van der Waals surface area contributed by atoms with Crippen LogP contribution >= 0.6 is 11.6 Å². The molecular weight excluding hydrogens is 458 g/mol. The zero-order valence-electron chi connectivity index (χ0n) is 19.1. The van der Waals surface area contributed by atoms with E-state index in [9.17, 15) is 14.9 Å². The molecule has 0 unspecified atom stereocenters. The van der Waals surface area contributed by atoms with E-state index in [4.69, 9.17) is 25.8 Å². The van der Waals surface area contributed by atoms with Gasteiger partial charge in [-0.05, 0) is 43.2 Å². The van der Waals surface area contributed by atoms with Gasteiger partial charge in [0, 0.05) is 18.1 Å². The van der Waals surface area contributed by atoms with Crippen molar-refractivity contribution in [3.8, 4) is 11.8 Å². The first-order valence-electron chi connectivity index (χ1n) is 10.7. The largest absolute Gasteiger partial charge is 0.495 e. The van der Waals surface area contributed by atoms with Crippen LogP contribution in [0.1, 0.15) is 52.1 Å². The number of nitrogens with zero attached hydrogens (tertiary/aromatic N) is 2. The van der Waals surface area contributed by atoms with Crippen LogP contribution < -0.4 is 10.1 Å². The summed E-state index contributed by atoms with van der Waals surface area (Å²) >= 11 is 6.24. The average Bonchev–Trinajstić information content (AvgIpc) is 2.85. The summed E-state index contributed by atoms with van der Waals surface area (Å²) in [4.78, 5) is 29.7. The van der Waals surface area contributed by atoms with Gasteiger partial charge in [0.2, 0.25) is 0 Å². The fourth-order valence-electron chi connectivity index (χ4n) is 3.36. The second-order valence-electron chi connectivity index (χ2n) is 7.26. The van der Waals surface area contributed by atoms with E-state index in [-0.39, 0.29) is 29.9 Å². The summed E-state index contributed by atoms with van der Waals surface area (Å²) in [5.41, 5.74) is 2.07. The Labute approximate surface area is 202 Å². The van der Waals surface area contributed by atoms with Gasteiger partial charge >= 0.3 is 11.9 Å². The van der Waals surface area contributed by atoms with Crippen LogP contribution in [0, 0.1) is 11.3 Å². The van der Waals surface area contributed by atoms with Crippen molar-refractivity contribution in [1.29, 1.82) is 5.26 Å². The van der Waals surface area contributed by atoms with Gasteiger partial charge in [-0.3, -0.25) is 4.98 Å². The Balaban J connectivity index is 2.14. The maximum atomic E-state index is 12.7. The van der Waals surface area contributed by atoms with Crippen molar-refractivity contribution in [2.75, 3.05) is 25.6 Å². The number of ether oxygens (including phenoxy) is 3. The van der Waals surface area contributed by atoms with Crippen molar-refractivity contribution in [3.63, 3.8) is 0 Å². The van der Waals surface area contributed by atoms with Crippen molar-refractivity contribution < 1.29 is 23.8 Å². The number of hydrogen-bond acceptors (Lipinski definition) is 8. The third-order valence-corrected chi connectivity index (χ3v) is 5.23. The standard InChI is InChI=1S/C25H24ClN3O5/c1-4-8-34-24(30)18-10-16(12-27)9-17-22(18)29-14-19(25(31)33-5-2)23(17)28-13-15-6-7-21(32-3)20(26)11-15/h6-7,9-11,14H,4-5,8,13H2,1-3H3,(H,28,29). The Kier molecular flexibility index (Phi) is 8.28. The molecule has 9 heteroatoms. The highest BCUT2D eigenvalue weighted by atomic mass is 35.5. The average molecular weight is 482 g/mol. The number of halogens is 1. The maximum Gasteiger partial charge on any atom is 0.341 e. The highest BCUT2D eigenvalue weighted by Gasteiger charge is 2.22. The molecule has 176 valence electrons. The molecule has 0 saturated heterocycles. The summed E-state index contributed by atoms with van der Waals surface area (Å²) < 4.78 is 15.7. The van der Waals surface area contributed by atoms with Crippen LogP contribution in [-0.2, 0) is 16.0 Å². The third-order valence-electron chi connectivity index (χ3n) is 4.94. The highest BCUT2D eigenvalue weighted by molar-refractivity contribution is 6.32. The molecule has 0 radical (unpaired) electrons. The molecular formula is C25H24ClN3O5. The smallest absolute Gasteiger partial charge is 0.341 e. The predicted octanol–water partition coefficient (Wildman–Crippen LogP) is 5.12. The minimum Gasteiger partial charge on any atom is -0.495 e. The number of carbonyl (C=O) groups excluding carboxylic acids is 2. The summed E-state index contributed by atoms with van der Waals surface area (Å²) in [6.45, 7) is 4.29. The first-order valence-corrected chi connectivity index (χ1v) is 11.1. The Bertz CT molecular complexity index is 1270. The molecule has 0 spiro atoms. The van der Waals surface area contributed by atoms with Gasteiger partial charge in [0.15, 0.2) is 0 Å². The van der Waals surface area contributed by atoms with Crippen LogP contribution in [-0.4, -0.2) is 37.2 Å². The van der Waals surface area contributed by atoms with Gasteiger partial charge in [-0.1, -0.05) is 24.6 Å². The number of pyridine rings is 1. The van der Waals surface area contributed by atoms with E-state index >= 15 is 0 Å². The molecule has 1 aromatic heterocycles. The molecule has 3 aromatic rings. The number of hydrogen-bond donors (Lipinski definition) is 1. The molecule has 0 atom stereocenters. The minimum absolute atomic E-state index is 0.147. The quantitative estimate of drug-likeness (QED) is 0.419. The van der Waals surface area contributed by atoms with Crippen molar-refractivity contribution in [2.45, 2.75) is 26.8 Å². The van der Waals surface area contributed by atoms with Crippen LogP contribution in [0.25, 0.3) is 10.9 Å². The molecule has 3 rings (SSSR count). The van der Waals surface area contributed by atoms with E-state index in [1.165, 1.54) is 19.4 Å². The van der Waals surface area contributed by atoms with E-state index < -0.39 is 11.9 Å². The lowest BCUT2D eigenvalue weighted by Crippen LogP contribution is -2.13. The van der Waals surface area contributed by atoms with Crippen molar-refractivity contribution in [1.82, 2.24) is 4.98 Å². The van der Waals surface area contributed by atoms with Crippen LogP contribution in [0.3, 0.4) is 0 Å². The molecule has 2 aromatic carbocycles. The molecule has 0 aliphatic carbocycles. The van der Waals surface area contributed by atoms with E-state index in [0.717, 1.165) is 5.56 Å². The monoisotopic (exact) mass is 481 g/mol. The van der Waals surface area contributed by atoms with Crippen molar-refractivity contribution in [3.05, 3.63) is 63.8 Å². The highest BCUT2D eigenvalue weighted by Crippen LogP contribution is 2.32. The second kappa shape index (κ2) is 11.3. The third kappa shape index (κ3) is 5.38. The Morgan fingerprint density at radius 1 is 1.12 bits per heavy atom. The number of nitrogens with one attached hydrogen (secondary N) is 1. The number of esters is 2. The summed E-state index contributed by atoms with van der Waals surface area (Å²) in [6.07, 6.45) is 2.01. The van der Waals surface area contributed by atoms with Gasteiger partial charge < -0.3 is 19.5 Å². The van der Waals surface area contributed by atoms with E-state index in [1.54, 1.807) is 25.1 Å². The van der Waals surface area contributed by atoms with E-state index in [2.05, 4.69) is 16.4 Å². The van der Waals surface area contributed by atoms with Crippen LogP contribution in [0.2, 0.25) is 5.02 Å². The normalized spacial score (nSPS) is 10.4. The maximum absolute atomic E-state index is 12.7. The fourth-order valence-corrected chi connectivity index (χ4v) is 3.64. The second-order valence-corrected chi connectivity index (χ2v) is 7.66. The van der Waals surface area contributed by atoms with Crippen LogP contribution in [0.15, 0.2) is 36.5 Å². The van der Waals surface area contributed by atoms with Gasteiger partial charge in [-0.25, -0.2) is 9.59 Å². The number of benzene rings is 2. The lowest BCUT2D eigenvalue weighted by molar-refractivity contribution is 0.0504. The molecule has 1 N–H and O–H groups in total. The number of fused-ring (bicyclic) bond motifs is 1. The van der Waals surface area contributed by atoms with Crippen molar-refractivity contribution in [2.24, 2.45) is 0 Å². The molecule has 0 bridgehead atoms. The summed E-state index contributed by atoms with van der Waals surface area (Å²) in [6, 6.07) is 10.4. The Morgan fingerprint density at radius 2 is 1.88 bits per heavy atom. The molecule has 0 fully saturated rings. The van der Waals surface area contributed by atoms with Gasteiger partial charge in [0.25, 0.3) is 0 Å². The Hall–Kier alpha value is -3.83. The molecule has 8 nitrogen and oxygen atoms in total. The van der Waals surface area contributed by atoms with E-state index in [0.29, 0.717) is 40.3 Å². The topological polar surface area (TPSA) is 111 Å². The van der Waals surface area contributed by atoms with Gasteiger partial charge in [0.1, 0.15) is 11.3 Å². The summed E-state index contributed by atoms with van der Waals surface area (Å²) in [5, 5.41) is 13.7. The fraction of sp³-hybridized carbons (Fsp3) is 0.280. The number of carbonyl (C=O) groups is 2. The zero-order chi connectivity index (χ0) is 24.7. The van der Waals surface area contributed by atoms with Crippen LogP contribution in [0.5, 0.6) is 5.75 Å². The minimum atomic E-state index is -0.590. The molecule has 34 heavy (non-hydrogen) atoms. The predicted molar refractivity (Wildman–Crippen MR) is 128 cm³/mol. The number of nitriles is 1. The Morgan fingerprint density at radius 3 is 2.53 bits per heavy atom. The first kappa shape index (κ1) is 24.8. The van der Waals surface area contributed by atoms with Gasteiger partial charge in [-0.15, -0.1) is 0 Å². The molecule has 0 aliphatic rings. The number of methoxy groups -OCH3 is 1. The SMILES string of the molecule is CCCOC(=O)c1cc(C#N)cc2c(NCc3ccc(OC)c(Cl)c3)c(C(=O)OCC)cnc12. The number of aromatic nitrogens is 1. The van der Waals surface area contributed by atoms with Gasteiger partial charge in [-0.2, -0.15) is 5.26 Å².